The van der Waals surface area contributed by atoms with E-state index in [1.54, 1.807) is 12.1 Å². The Morgan fingerprint density at radius 3 is 2.16 bits per heavy atom. The first-order chi connectivity index (χ1) is 15.4. The molecule has 4 bridgehead atoms. The van der Waals surface area contributed by atoms with Gasteiger partial charge in [0.15, 0.2) is 0 Å². The maximum Gasteiger partial charge on any atom is 0.226 e. The lowest BCUT2D eigenvalue weighted by Gasteiger charge is -2.55. The summed E-state index contributed by atoms with van der Waals surface area (Å²) < 4.78 is 13.1. The van der Waals surface area contributed by atoms with Crippen molar-refractivity contribution in [2.75, 3.05) is 19.6 Å². The van der Waals surface area contributed by atoms with Crippen LogP contribution in [-0.2, 0) is 9.59 Å². The van der Waals surface area contributed by atoms with Gasteiger partial charge in [-0.2, -0.15) is 0 Å². The second kappa shape index (κ2) is 8.77. The van der Waals surface area contributed by atoms with E-state index in [-0.39, 0.29) is 29.0 Å². The monoisotopic (exact) mass is 442 g/mol. The fourth-order valence-electron chi connectivity index (χ4n) is 7.41. The second-order valence-electron chi connectivity index (χ2n) is 10.9. The summed E-state index contributed by atoms with van der Waals surface area (Å²) in [6.45, 7) is 1.65. The molecule has 5 fully saturated rings. The lowest BCUT2D eigenvalue weighted by atomic mass is 9.49. The van der Waals surface area contributed by atoms with Crippen LogP contribution in [0.15, 0.2) is 24.3 Å². The summed E-state index contributed by atoms with van der Waals surface area (Å²) in [6, 6.07) is 6.00. The second-order valence-corrected chi connectivity index (χ2v) is 10.9. The van der Waals surface area contributed by atoms with Gasteiger partial charge >= 0.3 is 0 Å². The number of nitrogens with zero attached hydrogens (tertiary/aromatic N) is 1. The number of hydrogen-bond donors (Lipinski definition) is 2. The third kappa shape index (κ3) is 4.30. The van der Waals surface area contributed by atoms with Crippen LogP contribution < -0.4 is 5.32 Å². The van der Waals surface area contributed by atoms with Gasteiger partial charge in [0.1, 0.15) is 5.82 Å². The molecule has 4 aliphatic carbocycles. The fraction of sp³-hybridized carbons (Fsp3) is 0.692. The Morgan fingerprint density at radius 2 is 1.59 bits per heavy atom. The molecule has 4 saturated carbocycles. The predicted molar refractivity (Wildman–Crippen MR) is 119 cm³/mol. The smallest absolute Gasteiger partial charge is 0.226 e. The van der Waals surface area contributed by atoms with Gasteiger partial charge in [-0.15, -0.1) is 0 Å². The van der Waals surface area contributed by atoms with Crippen molar-refractivity contribution in [3.63, 3.8) is 0 Å². The van der Waals surface area contributed by atoms with Gasteiger partial charge in [0.2, 0.25) is 11.8 Å². The maximum atomic E-state index is 13.1. The molecule has 2 N–H and O–H groups in total. The van der Waals surface area contributed by atoms with Crippen molar-refractivity contribution in [2.45, 2.75) is 63.9 Å². The van der Waals surface area contributed by atoms with Gasteiger partial charge in [0.25, 0.3) is 0 Å². The molecule has 0 radical (unpaired) electrons. The van der Waals surface area contributed by atoms with Crippen molar-refractivity contribution in [2.24, 2.45) is 29.1 Å². The molecule has 1 atom stereocenters. The van der Waals surface area contributed by atoms with Crippen LogP contribution >= 0.6 is 0 Å². The molecule has 0 spiro atoms. The molecule has 32 heavy (non-hydrogen) atoms. The van der Waals surface area contributed by atoms with E-state index in [0.29, 0.717) is 26.1 Å². The van der Waals surface area contributed by atoms with Crippen LogP contribution in [0.3, 0.4) is 0 Å². The summed E-state index contributed by atoms with van der Waals surface area (Å²) in [5.41, 5.74) is 0.565. The number of likely N-dealkylation sites (tertiary alicyclic amines) is 1. The number of hydrogen-bond acceptors (Lipinski definition) is 3. The number of aliphatic hydroxyl groups excluding tert-OH is 1. The van der Waals surface area contributed by atoms with Crippen LogP contribution in [0.4, 0.5) is 4.39 Å². The van der Waals surface area contributed by atoms with Gasteiger partial charge in [-0.25, -0.2) is 4.39 Å². The molecule has 174 valence electrons. The predicted octanol–water partition coefficient (Wildman–Crippen LogP) is 3.82. The molecular formula is C26H35FN2O3. The average Bonchev–Trinajstić information content (AvgIpc) is 2.78. The zero-order valence-electron chi connectivity index (χ0n) is 18.8. The summed E-state index contributed by atoms with van der Waals surface area (Å²) in [5, 5.41) is 13.7. The highest BCUT2D eigenvalue weighted by Gasteiger charge is 2.54. The van der Waals surface area contributed by atoms with Crippen molar-refractivity contribution in [1.82, 2.24) is 10.2 Å². The van der Waals surface area contributed by atoms with E-state index in [0.717, 1.165) is 55.4 Å². The minimum atomic E-state index is -0.632. The molecule has 5 aliphatic rings. The summed E-state index contributed by atoms with van der Waals surface area (Å²) in [4.78, 5) is 27.6. The van der Waals surface area contributed by atoms with Crippen LogP contribution in [-0.4, -0.2) is 41.5 Å². The molecule has 1 aromatic carbocycles. The first-order valence-corrected chi connectivity index (χ1v) is 12.4. The van der Waals surface area contributed by atoms with Crippen molar-refractivity contribution in [3.05, 3.63) is 35.6 Å². The van der Waals surface area contributed by atoms with Gasteiger partial charge < -0.3 is 15.3 Å². The van der Waals surface area contributed by atoms with Gasteiger partial charge in [-0.1, -0.05) is 12.1 Å². The van der Waals surface area contributed by atoms with E-state index >= 15 is 0 Å². The van der Waals surface area contributed by atoms with Crippen LogP contribution in [0.2, 0.25) is 0 Å². The summed E-state index contributed by atoms with van der Waals surface area (Å²) in [6.07, 6.45) is 8.24. The molecule has 2 amide bonds. The number of benzene rings is 1. The number of carbonyl (C=O) groups excluding carboxylic acids is 2. The average molecular weight is 443 g/mol. The molecule has 0 aromatic heterocycles. The number of nitrogens with one attached hydrogen (secondary N) is 1. The molecule has 1 unspecified atom stereocenters. The molecule has 1 heterocycles. The van der Waals surface area contributed by atoms with Crippen molar-refractivity contribution in [3.8, 4) is 0 Å². The minimum absolute atomic E-state index is 0.0697. The first kappa shape index (κ1) is 21.9. The Labute approximate surface area is 189 Å². The fourth-order valence-corrected chi connectivity index (χ4v) is 7.41. The van der Waals surface area contributed by atoms with E-state index in [9.17, 15) is 19.1 Å². The summed E-state index contributed by atoms with van der Waals surface area (Å²) in [5.74, 6) is 2.23. The van der Waals surface area contributed by atoms with E-state index in [2.05, 4.69) is 5.32 Å². The Balaban J connectivity index is 1.06. The number of aliphatic hydroxyl groups is 1. The molecule has 1 saturated heterocycles. The quantitative estimate of drug-likeness (QED) is 0.704. The SMILES string of the molecule is O=C(CCNC(=O)C12CC3CC(CC(C3)C1)C2)N1CCC(C(O)c2ccc(F)cc2)CC1. The Bertz CT molecular complexity index is 812. The highest BCUT2D eigenvalue weighted by Crippen LogP contribution is 2.60. The highest BCUT2D eigenvalue weighted by atomic mass is 19.1. The first-order valence-electron chi connectivity index (χ1n) is 12.4. The van der Waals surface area contributed by atoms with Crippen LogP contribution in [0.1, 0.15) is 69.5 Å². The number of carbonyl (C=O) groups is 2. The molecule has 1 aromatic rings. The molecular weight excluding hydrogens is 407 g/mol. The van der Waals surface area contributed by atoms with Gasteiger partial charge in [0, 0.05) is 31.5 Å². The minimum Gasteiger partial charge on any atom is -0.388 e. The summed E-state index contributed by atoms with van der Waals surface area (Å²) in [7, 11) is 0. The van der Waals surface area contributed by atoms with Gasteiger partial charge in [-0.05, 0) is 92.7 Å². The van der Waals surface area contributed by atoms with Gasteiger partial charge in [0.05, 0.1) is 6.10 Å². The Kier molecular flexibility index (Phi) is 5.99. The third-order valence-electron chi connectivity index (χ3n) is 8.69. The Hall–Kier alpha value is -1.95. The third-order valence-corrected chi connectivity index (χ3v) is 8.69. The van der Waals surface area contributed by atoms with Gasteiger partial charge in [-0.3, -0.25) is 9.59 Å². The standard InChI is InChI=1S/C26H35FN2O3/c27-22-3-1-20(2-4-22)24(31)21-6-9-29(10-7-21)23(30)5-8-28-25(32)26-14-17-11-18(15-26)13-19(12-17)16-26/h1-4,17-19,21,24,31H,5-16H2,(H,28,32). The lowest BCUT2D eigenvalue weighted by Crippen LogP contribution is -2.54. The largest absolute Gasteiger partial charge is 0.388 e. The number of amides is 2. The number of halogens is 1. The zero-order valence-corrected chi connectivity index (χ0v) is 18.8. The molecule has 1 aliphatic heterocycles. The number of rotatable bonds is 6. The topological polar surface area (TPSA) is 69.6 Å². The molecule has 6 rings (SSSR count). The van der Waals surface area contributed by atoms with E-state index < -0.39 is 6.10 Å². The van der Waals surface area contributed by atoms with Crippen molar-refractivity contribution < 1.29 is 19.1 Å². The molecule has 6 heteroatoms. The highest BCUT2D eigenvalue weighted by molar-refractivity contribution is 5.84. The van der Waals surface area contributed by atoms with Crippen LogP contribution in [0, 0.1) is 34.9 Å². The normalized spacial score (nSPS) is 32.7. The van der Waals surface area contributed by atoms with E-state index in [1.165, 1.54) is 31.4 Å². The molecule has 5 nitrogen and oxygen atoms in total. The zero-order chi connectivity index (χ0) is 22.3. The van der Waals surface area contributed by atoms with Crippen LogP contribution in [0.25, 0.3) is 0 Å². The lowest BCUT2D eigenvalue weighted by molar-refractivity contribution is -0.146. The van der Waals surface area contributed by atoms with E-state index in [4.69, 9.17) is 0 Å². The summed E-state index contributed by atoms with van der Waals surface area (Å²) >= 11 is 0. The maximum absolute atomic E-state index is 13.1. The Morgan fingerprint density at radius 1 is 1.03 bits per heavy atom. The van der Waals surface area contributed by atoms with Crippen molar-refractivity contribution in [1.29, 1.82) is 0 Å². The van der Waals surface area contributed by atoms with Crippen LogP contribution in [0.5, 0.6) is 0 Å². The van der Waals surface area contributed by atoms with E-state index in [1.807, 2.05) is 4.90 Å². The van der Waals surface area contributed by atoms with Crippen molar-refractivity contribution >= 4 is 11.8 Å². The number of piperidine rings is 1.